The van der Waals surface area contributed by atoms with Gasteiger partial charge in [0.2, 0.25) is 0 Å². The van der Waals surface area contributed by atoms with Crippen LogP contribution in [0.25, 0.3) is 16.8 Å². The monoisotopic (exact) mass is 223 g/mol. The largest absolute Gasteiger partial charge is 0.256 e. The van der Waals surface area contributed by atoms with E-state index in [-0.39, 0.29) is 0 Å². The average molecular weight is 223 g/mol. The summed E-state index contributed by atoms with van der Waals surface area (Å²) in [6, 6.07) is 12.6. The lowest BCUT2D eigenvalue weighted by Crippen LogP contribution is -1.87. The van der Waals surface area contributed by atoms with Crippen LogP contribution in [0, 0.1) is 6.92 Å². The van der Waals surface area contributed by atoms with Gasteiger partial charge >= 0.3 is 0 Å². The maximum absolute atomic E-state index is 4.44. The molecule has 0 saturated carbocycles. The molecule has 0 atom stereocenters. The van der Waals surface area contributed by atoms with E-state index in [0.717, 1.165) is 5.69 Å². The number of hydrogen-bond donors (Lipinski definition) is 0. The Morgan fingerprint density at radius 1 is 1.18 bits per heavy atom. The number of allylic oxidation sites excluding steroid dienone is 2. The van der Waals surface area contributed by atoms with Crippen molar-refractivity contribution in [2.45, 2.75) is 20.8 Å². The molecule has 86 valence electrons. The Balaban J connectivity index is 2.47. The standard InChI is InChI=1S/C16H17N/c1-4-13(3)14-8-9-17-16(11-14)15-7-5-6-12(2)10-15/h4-11H,1-3H3/b13-4+. The minimum absolute atomic E-state index is 1.03. The molecule has 2 rings (SSSR count). The molecule has 1 heterocycles. The zero-order chi connectivity index (χ0) is 12.3. The van der Waals surface area contributed by atoms with Gasteiger partial charge in [-0.3, -0.25) is 4.98 Å². The summed E-state index contributed by atoms with van der Waals surface area (Å²) in [5.74, 6) is 0. The van der Waals surface area contributed by atoms with E-state index in [9.17, 15) is 0 Å². The Morgan fingerprint density at radius 2 is 2.00 bits per heavy atom. The first-order chi connectivity index (χ1) is 8.20. The number of nitrogens with zero attached hydrogens (tertiary/aromatic N) is 1. The van der Waals surface area contributed by atoms with E-state index in [1.807, 2.05) is 6.20 Å². The molecule has 0 aliphatic rings. The SMILES string of the molecule is C/C=C(\C)c1ccnc(-c2cccc(C)c2)c1. The van der Waals surface area contributed by atoms with Crippen LogP contribution in [0.15, 0.2) is 48.7 Å². The van der Waals surface area contributed by atoms with E-state index in [1.54, 1.807) is 0 Å². The van der Waals surface area contributed by atoms with E-state index in [1.165, 1.54) is 22.3 Å². The molecule has 1 heteroatoms. The number of pyridine rings is 1. The van der Waals surface area contributed by atoms with E-state index >= 15 is 0 Å². The summed E-state index contributed by atoms with van der Waals surface area (Å²) in [6.07, 6.45) is 4.00. The Labute approximate surface area is 103 Å². The topological polar surface area (TPSA) is 12.9 Å². The zero-order valence-corrected chi connectivity index (χ0v) is 10.6. The molecule has 0 aliphatic carbocycles. The lowest BCUT2D eigenvalue weighted by Gasteiger charge is -2.05. The molecule has 0 radical (unpaired) electrons. The minimum atomic E-state index is 1.03. The van der Waals surface area contributed by atoms with Crippen molar-refractivity contribution in [1.82, 2.24) is 4.98 Å². The Bertz CT molecular complexity index is 553. The fourth-order valence-corrected chi connectivity index (χ4v) is 1.80. The molecule has 0 N–H and O–H groups in total. The predicted octanol–water partition coefficient (Wildman–Crippen LogP) is 4.48. The third-order valence-electron chi connectivity index (χ3n) is 2.96. The van der Waals surface area contributed by atoms with Crippen molar-refractivity contribution in [2.75, 3.05) is 0 Å². The van der Waals surface area contributed by atoms with E-state index in [2.05, 4.69) is 68.2 Å². The molecule has 0 aliphatic heterocycles. The van der Waals surface area contributed by atoms with Gasteiger partial charge in [0, 0.05) is 11.8 Å². The Morgan fingerprint density at radius 3 is 2.71 bits per heavy atom. The summed E-state index contributed by atoms with van der Waals surface area (Å²) >= 11 is 0. The van der Waals surface area contributed by atoms with Gasteiger partial charge in [0.1, 0.15) is 0 Å². The van der Waals surface area contributed by atoms with Crippen molar-refractivity contribution in [3.05, 3.63) is 59.8 Å². The van der Waals surface area contributed by atoms with Gasteiger partial charge in [-0.15, -0.1) is 0 Å². The van der Waals surface area contributed by atoms with Gasteiger partial charge < -0.3 is 0 Å². The van der Waals surface area contributed by atoms with Crippen LogP contribution >= 0.6 is 0 Å². The lowest BCUT2D eigenvalue weighted by molar-refractivity contribution is 1.30. The molecule has 1 nitrogen and oxygen atoms in total. The molecule has 0 bridgehead atoms. The van der Waals surface area contributed by atoms with Gasteiger partial charge in [0.25, 0.3) is 0 Å². The maximum atomic E-state index is 4.44. The van der Waals surface area contributed by atoms with E-state index in [4.69, 9.17) is 0 Å². The van der Waals surface area contributed by atoms with Crippen LogP contribution in [0.4, 0.5) is 0 Å². The van der Waals surface area contributed by atoms with Gasteiger partial charge in [0.15, 0.2) is 0 Å². The first-order valence-electron chi connectivity index (χ1n) is 5.87. The third-order valence-corrected chi connectivity index (χ3v) is 2.96. The second kappa shape index (κ2) is 4.96. The quantitative estimate of drug-likeness (QED) is 0.731. The van der Waals surface area contributed by atoms with Crippen LogP contribution in [0.5, 0.6) is 0 Å². The van der Waals surface area contributed by atoms with Gasteiger partial charge in [-0.05, 0) is 50.1 Å². The molecule has 0 fully saturated rings. The third kappa shape index (κ3) is 2.62. The molecule has 1 aromatic heterocycles. The van der Waals surface area contributed by atoms with Gasteiger partial charge in [-0.1, -0.05) is 29.8 Å². The van der Waals surface area contributed by atoms with Gasteiger partial charge in [0.05, 0.1) is 5.69 Å². The highest BCUT2D eigenvalue weighted by molar-refractivity contribution is 5.69. The van der Waals surface area contributed by atoms with Crippen LogP contribution in [-0.4, -0.2) is 4.98 Å². The van der Waals surface area contributed by atoms with Crippen LogP contribution < -0.4 is 0 Å². The molecule has 17 heavy (non-hydrogen) atoms. The number of aromatic nitrogens is 1. The number of hydrogen-bond acceptors (Lipinski definition) is 1. The summed E-state index contributed by atoms with van der Waals surface area (Å²) < 4.78 is 0. The van der Waals surface area contributed by atoms with Crippen LogP contribution in [-0.2, 0) is 0 Å². The van der Waals surface area contributed by atoms with Crippen molar-refractivity contribution in [1.29, 1.82) is 0 Å². The second-order valence-corrected chi connectivity index (χ2v) is 4.27. The highest BCUT2D eigenvalue weighted by atomic mass is 14.7. The average Bonchev–Trinajstić information content (AvgIpc) is 2.38. The fraction of sp³-hybridized carbons (Fsp3) is 0.188. The van der Waals surface area contributed by atoms with Crippen molar-refractivity contribution >= 4 is 5.57 Å². The first kappa shape index (κ1) is 11.6. The smallest absolute Gasteiger partial charge is 0.0708 e. The molecule has 0 spiro atoms. The van der Waals surface area contributed by atoms with Crippen LogP contribution in [0.2, 0.25) is 0 Å². The van der Waals surface area contributed by atoms with Gasteiger partial charge in [-0.25, -0.2) is 0 Å². The van der Waals surface area contributed by atoms with Gasteiger partial charge in [-0.2, -0.15) is 0 Å². The van der Waals surface area contributed by atoms with Crippen molar-refractivity contribution in [3.63, 3.8) is 0 Å². The minimum Gasteiger partial charge on any atom is -0.256 e. The lowest BCUT2D eigenvalue weighted by atomic mass is 10.0. The van der Waals surface area contributed by atoms with E-state index < -0.39 is 0 Å². The molecular formula is C16H17N. The number of aryl methyl sites for hydroxylation is 1. The summed E-state index contributed by atoms with van der Waals surface area (Å²) in [7, 11) is 0. The van der Waals surface area contributed by atoms with Crippen molar-refractivity contribution in [2.24, 2.45) is 0 Å². The summed E-state index contributed by atoms with van der Waals surface area (Å²) in [5.41, 5.74) is 5.99. The van der Waals surface area contributed by atoms with Crippen molar-refractivity contribution < 1.29 is 0 Å². The Hall–Kier alpha value is -1.89. The fourth-order valence-electron chi connectivity index (χ4n) is 1.80. The molecule has 1 aromatic carbocycles. The van der Waals surface area contributed by atoms with E-state index in [0.29, 0.717) is 0 Å². The number of benzene rings is 1. The van der Waals surface area contributed by atoms with Crippen LogP contribution in [0.1, 0.15) is 25.0 Å². The zero-order valence-electron chi connectivity index (χ0n) is 10.6. The van der Waals surface area contributed by atoms with Crippen LogP contribution in [0.3, 0.4) is 0 Å². The predicted molar refractivity (Wildman–Crippen MR) is 73.7 cm³/mol. The Kier molecular flexibility index (Phi) is 3.38. The maximum Gasteiger partial charge on any atom is 0.0708 e. The number of rotatable bonds is 2. The first-order valence-corrected chi connectivity index (χ1v) is 5.87. The second-order valence-electron chi connectivity index (χ2n) is 4.27. The van der Waals surface area contributed by atoms with Crippen molar-refractivity contribution in [3.8, 4) is 11.3 Å². The normalized spacial score (nSPS) is 11.6. The molecule has 2 aromatic rings. The highest BCUT2D eigenvalue weighted by Gasteiger charge is 2.01. The molecular weight excluding hydrogens is 206 g/mol. The summed E-state index contributed by atoms with van der Waals surface area (Å²) in [6.45, 7) is 6.28. The summed E-state index contributed by atoms with van der Waals surface area (Å²) in [5, 5.41) is 0. The highest BCUT2D eigenvalue weighted by Crippen LogP contribution is 2.22. The molecule has 0 unspecified atom stereocenters. The molecule has 0 amide bonds. The molecule has 0 saturated heterocycles. The summed E-state index contributed by atoms with van der Waals surface area (Å²) in [4.78, 5) is 4.44.